The molecule has 0 radical (unpaired) electrons. The predicted molar refractivity (Wildman–Crippen MR) is 162 cm³/mol. The van der Waals surface area contributed by atoms with Crippen LogP contribution < -0.4 is 19.6 Å². The maximum absolute atomic E-state index is 13.8. The number of rotatable bonds is 7. The molecule has 1 atom stereocenters. The Morgan fingerprint density at radius 2 is 1.88 bits per heavy atom. The molecule has 3 aromatic carbocycles. The maximum Gasteiger partial charge on any atom is 0.338 e. The van der Waals surface area contributed by atoms with Gasteiger partial charge in [0, 0.05) is 10.6 Å². The first-order valence-electron chi connectivity index (χ1n) is 12.7. The second-order valence-electron chi connectivity index (χ2n) is 9.28. The van der Waals surface area contributed by atoms with Crippen LogP contribution in [-0.2, 0) is 16.1 Å². The van der Waals surface area contributed by atoms with Crippen LogP contribution in [0.2, 0.25) is 5.02 Å². The molecule has 4 aromatic rings. The van der Waals surface area contributed by atoms with Crippen LogP contribution in [0.1, 0.15) is 42.1 Å². The van der Waals surface area contributed by atoms with E-state index in [0.29, 0.717) is 38.0 Å². The summed E-state index contributed by atoms with van der Waals surface area (Å²) < 4.78 is 14.2. The second-order valence-corrected chi connectivity index (χ2v) is 11.6. The van der Waals surface area contributed by atoms with E-state index in [-0.39, 0.29) is 12.2 Å². The number of aryl methyl sites for hydroxylation is 1. The minimum Gasteiger partial charge on any atom is -0.488 e. The number of aromatic nitrogens is 1. The van der Waals surface area contributed by atoms with Crippen molar-refractivity contribution in [3.8, 4) is 5.75 Å². The topological polar surface area (TPSA) is 69.9 Å². The molecular weight excluding hydrogens is 612 g/mol. The summed E-state index contributed by atoms with van der Waals surface area (Å²) in [6.07, 6.45) is 1.82. The first kappa shape index (κ1) is 28.1. The van der Waals surface area contributed by atoms with Crippen LogP contribution in [0.25, 0.3) is 6.08 Å². The molecule has 0 spiro atoms. The Hall–Kier alpha value is -3.46. The summed E-state index contributed by atoms with van der Waals surface area (Å²) in [5.74, 6) is 0.188. The molecule has 1 aromatic heterocycles. The summed E-state index contributed by atoms with van der Waals surface area (Å²) in [4.78, 5) is 32.0. The van der Waals surface area contributed by atoms with E-state index in [2.05, 4.69) is 20.9 Å². The lowest BCUT2D eigenvalue weighted by atomic mass is 9.95. The van der Waals surface area contributed by atoms with Gasteiger partial charge in [0.1, 0.15) is 12.4 Å². The lowest BCUT2D eigenvalue weighted by molar-refractivity contribution is -0.139. The van der Waals surface area contributed by atoms with Crippen molar-refractivity contribution < 1.29 is 14.3 Å². The third kappa shape index (κ3) is 5.70. The molecule has 0 saturated heterocycles. The summed E-state index contributed by atoms with van der Waals surface area (Å²) in [6.45, 7) is 6.09. The molecule has 204 valence electrons. The molecule has 0 bridgehead atoms. The molecule has 1 aliphatic heterocycles. The number of carbonyl (C=O) groups is 1. The number of carbonyl (C=O) groups excluding carboxylic acids is 1. The Labute approximate surface area is 249 Å². The zero-order chi connectivity index (χ0) is 28.4. The number of nitrogens with zero attached hydrogens (tertiary/aromatic N) is 2. The molecule has 2 heterocycles. The molecule has 9 heteroatoms. The molecule has 0 aliphatic carbocycles. The lowest BCUT2D eigenvalue weighted by Gasteiger charge is -2.24. The van der Waals surface area contributed by atoms with Crippen molar-refractivity contribution in [2.75, 3.05) is 6.61 Å². The number of hydrogen-bond acceptors (Lipinski definition) is 6. The number of thiazole rings is 1. The zero-order valence-electron chi connectivity index (χ0n) is 22.1. The normalized spacial score (nSPS) is 15.0. The highest BCUT2D eigenvalue weighted by Crippen LogP contribution is 2.31. The van der Waals surface area contributed by atoms with E-state index in [4.69, 9.17) is 21.1 Å². The third-order valence-electron chi connectivity index (χ3n) is 6.50. The summed E-state index contributed by atoms with van der Waals surface area (Å²) in [5, 5.41) is 0.649. The van der Waals surface area contributed by atoms with Gasteiger partial charge in [-0.3, -0.25) is 9.36 Å². The minimum atomic E-state index is -0.634. The first-order valence-corrected chi connectivity index (χ1v) is 14.7. The number of ether oxygens (including phenoxy) is 2. The van der Waals surface area contributed by atoms with Gasteiger partial charge in [-0.2, -0.15) is 0 Å². The average Bonchev–Trinajstić information content (AvgIpc) is 3.23. The van der Waals surface area contributed by atoms with E-state index >= 15 is 0 Å². The van der Waals surface area contributed by atoms with Gasteiger partial charge in [0.2, 0.25) is 0 Å². The molecule has 0 saturated carbocycles. The van der Waals surface area contributed by atoms with Crippen molar-refractivity contribution in [3.63, 3.8) is 0 Å². The van der Waals surface area contributed by atoms with E-state index in [1.807, 2.05) is 79.7 Å². The van der Waals surface area contributed by atoms with E-state index in [9.17, 15) is 9.59 Å². The molecule has 0 fully saturated rings. The fourth-order valence-corrected chi connectivity index (χ4v) is 6.25. The molecule has 40 heavy (non-hydrogen) atoms. The van der Waals surface area contributed by atoms with Gasteiger partial charge in [0.05, 0.1) is 32.9 Å². The second kappa shape index (κ2) is 12.0. The Morgan fingerprint density at radius 1 is 1.12 bits per heavy atom. The molecular formula is C31H26BrClN2O4S. The van der Waals surface area contributed by atoms with Crippen molar-refractivity contribution in [2.45, 2.75) is 33.4 Å². The quantitative estimate of drug-likeness (QED) is 0.230. The Morgan fingerprint density at radius 3 is 2.58 bits per heavy atom. The summed E-state index contributed by atoms with van der Waals surface area (Å²) in [6, 6.07) is 20.4. The maximum atomic E-state index is 13.8. The lowest BCUT2D eigenvalue weighted by Crippen LogP contribution is -2.39. The average molecular weight is 638 g/mol. The Balaban J connectivity index is 1.53. The molecule has 6 nitrogen and oxygen atoms in total. The molecule has 0 unspecified atom stereocenters. The van der Waals surface area contributed by atoms with Crippen LogP contribution in [-0.4, -0.2) is 17.1 Å². The first-order chi connectivity index (χ1) is 19.3. The molecule has 1 aliphatic rings. The van der Waals surface area contributed by atoms with Crippen molar-refractivity contribution in [1.82, 2.24) is 4.57 Å². The summed E-state index contributed by atoms with van der Waals surface area (Å²) in [5.41, 5.74) is 4.29. The highest BCUT2D eigenvalue weighted by molar-refractivity contribution is 9.10. The number of benzene rings is 3. The van der Waals surface area contributed by atoms with E-state index < -0.39 is 12.0 Å². The fourth-order valence-electron chi connectivity index (χ4n) is 4.50. The zero-order valence-corrected chi connectivity index (χ0v) is 25.3. The number of allylic oxidation sites excluding steroid dienone is 1. The van der Waals surface area contributed by atoms with Crippen LogP contribution in [0.15, 0.2) is 92.3 Å². The highest BCUT2D eigenvalue weighted by atomic mass is 79.9. The van der Waals surface area contributed by atoms with Gasteiger partial charge < -0.3 is 9.47 Å². The monoisotopic (exact) mass is 636 g/mol. The predicted octanol–water partition coefficient (Wildman–Crippen LogP) is 6.10. The fraction of sp³-hybridized carbons (Fsp3) is 0.194. The van der Waals surface area contributed by atoms with Crippen LogP contribution in [0.5, 0.6) is 5.75 Å². The van der Waals surface area contributed by atoms with Gasteiger partial charge in [-0.25, -0.2) is 9.79 Å². The van der Waals surface area contributed by atoms with E-state index in [1.54, 1.807) is 18.4 Å². The minimum absolute atomic E-state index is 0.223. The van der Waals surface area contributed by atoms with Crippen molar-refractivity contribution in [2.24, 2.45) is 4.99 Å². The van der Waals surface area contributed by atoms with Gasteiger partial charge in [-0.05, 0) is 72.1 Å². The number of esters is 1. The van der Waals surface area contributed by atoms with Crippen molar-refractivity contribution >= 4 is 50.9 Å². The Kier molecular flexibility index (Phi) is 8.40. The summed E-state index contributed by atoms with van der Waals surface area (Å²) >= 11 is 11.1. The van der Waals surface area contributed by atoms with Crippen LogP contribution >= 0.6 is 38.9 Å². The third-order valence-corrected chi connectivity index (χ3v) is 8.48. The van der Waals surface area contributed by atoms with Crippen LogP contribution in [0.3, 0.4) is 0 Å². The van der Waals surface area contributed by atoms with Gasteiger partial charge in [0.25, 0.3) is 5.56 Å². The highest BCUT2D eigenvalue weighted by Gasteiger charge is 2.33. The molecule has 0 amide bonds. The van der Waals surface area contributed by atoms with Crippen LogP contribution in [0, 0.1) is 6.92 Å². The van der Waals surface area contributed by atoms with E-state index in [1.165, 1.54) is 11.3 Å². The van der Waals surface area contributed by atoms with Crippen LogP contribution in [0.4, 0.5) is 0 Å². The number of fused-ring (bicyclic) bond motifs is 1. The summed E-state index contributed by atoms with van der Waals surface area (Å²) in [7, 11) is 0. The van der Waals surface area contributed by atoms with Gasteiger partial charge in [-0.15, -0.1) is 0 Å². The van der Waals surface area contributed by atoms with Crippen molar-refractivity contribution in [3.05, 3.63) is 129 Å². The van der Waals surface area contributed by atoms with Gasteiger partial charge in [0.15, 0.2) is 4.80 Å². The number of hydrogen-bond donors (Lipinski definition) is 0. The standard InChI is InChI=1S/C31H26BrClN2O4S/c1-4-38-30(37)27-19(3)34-31-35(28(27)21-12-9-18(2)10-13-21)29(36)26(40-31)16-20-11-14-25(23(32)15-20)39-17-22-7-5-6-8-24(22)33/h5-16,28H,4,17H2,1-3H3/b26-16+/t28-/m1/s1. The SMILES string of the molecule is CCOC(=O)C1=C(C)N=c2s/c(=C/c3ccc(OCc4ccccc4Cl)c(Br)c3)c(=O)n2[C@@H]1c1ccc(C)cc1. The molecule has 5 rings (SSSR count). The van der Waals surface area contributed by atoms with Gasteiger partial charge in [-0.1, -0.05) is 77.0 Å². The largest absolute Gasteiger partial charge is 0.488 e. The molecule has 0 N–H and O–H groups in total. The number of halogens is 2. The van der Waals surface area contributed by atoms with E-state index in [0.717, 1.165) is 26.7 Å². The smallest absolute Gasteiger partial charge is 0.338 e. The van der Waals surface area contributed by atoms with Gasteiger partial charge >= 0.3 is 5.97 Å². The van der Waals surface area contributed by atoms with Crippen molar-refractivity contribution in [1.29, 1.82) is 0 Å². The Bertz CT molecular complexity index is 1810.